The number of anilines is 1. The van der Waals surface area contributed by atoms with Crippen LogP contribution in [0.3, 0.4) is 0 Å². The Labute approximate surface area is 114 Å². The second kappa shape index (κ2) is 5.45. The second-order valence-electron chi connectivity index (χ2n) is 5.36. The molecule has 2 aliphatic rings. The summed E-state index contributed by atoms with van der Waals surface area (Å²) < 4.78 is 0. The van der Waals surface area contributed by atoms with Crippen LogP contribution in [0.1, 0.15) is 32.1 Å². The van der Waals surface area contributed by atoms with Crippen LogP contribution in [0.15, 0.2) is 18.5 Å². The second-order valence-corrected chi connectivity index (χ2v) is 5.76. The normalized spacial score (nSPS) is 23.9. The molecule has 98 valence electrons. The highest BCUT2D eigenvalue weighted by atomic mass is 35.5. The van der Waals surface area contributed by atoms with E-state index in [1.165, 1.54) is 32.1 Å². The predicted octanol–water partition coefficient (Wildman–Crippen LogP) is 2.85. The molecule has 1 aliphatic heterocycles. The lowest BCUT2D eigenvalue weighted by atomic mass is 10.0. The van der Waals surface area contributed by atoms with E-state index in [4.69, 9.17) is 11.6 Å². The molecule has 2 heterocycles. The molecule has 1 atom stereocenters. The number of nitrogens with one attached hydrogen (secondary N) is 1. The number of nitrogens with zero attached hydrogens (tertiary/aromatic N) is 2. The summed E-state index contributed by atoms with van der Waals surface area (Å²) >= 11 is 6.28. The van der Waals surface area contributed by atoms with E-state index in [0.717, 1.165) is 23.8 Å². The van der Waals surface area contributed by atoms with Crippen LogP contribution in [0.25, 0.3) is 0 Å². The standard InChI is InChI=1S/C14H20ClN3/c15-13-9-16-8-6-14(13)18(12-4-5-12)10-11-3-1-2-7-17-11/h6,8-9,11-12,17H,1-5,7,10H2. The van der Waals surface area contributed by atoms with Gasteiger partial charge in [-0.15, -0.1) is 0 Å². The first-order valence-corrected chi connectivity index (χ1v) is 7.32. The Balaban J connectivity index is 1.73. The molecule has 4 heteroatoms. The Morgan fingerprint density at radius 2 is 2.22 bits per heavy atom. The maximum Gasteiger partial charge on any atom is 0.0822 e. The molecule has 1 aromatic rings. The Bertz CT molecular complexity index is 400. The SMILES string of the molecule is Clc1cnccc1N(CC1CCCCN1)C1CC1. The van der Waals surface area contributed by atoms with E-state index in [-0.39, 0.29) is 0 Å². The zero-order valence-corrected chi connectivity index (χ0v) is 11.4. The average Bonchev–Trinajstić information content (AvgIpc) is 3.23. The van der Waals surface area contributed by atoms with Crippen LogP contribution in [0.2, 0.25) is 5.02 Å². The molecule has 3 nitrogen and oxygen atoms in total. The van der Waals surface area contributed by atoms with Crippen molar-refractivity contribution < 1.29 is 0 Å². The van der Waals surface area contributed by atoms with Crippen LogP contribution in [0.5, 0.6) is 0 Å². The maximum atomic E-state index is 6.28. The quantitative estimate of drug-likeness (QED) is 0.907. The van der Waals surface area contributed by atoms with E-state index in [2.05, 4.69) is 15.2 Å². The fraction of sp³-hybridized carbons (Fsp3) is 0.643. The van der Waals surface area contributed by atoms with Gasteiger partial charge in [-0.2, -0.15) is 0 Å². The summed E-state index contributed by atoms with van der Waals surface area (Å²) in [7, 11) is 0. The van der Waals surface area contributed by atoms with Crippen LogP contribution in [0, 0.1) is 0 Å². The van der Waals surface area contributed by atoms with Crippen LogP contribution in [-0.2, 0) is 0 Å². The minimum atomic E-state index is 0.614. The van der Waals surface area contributed by atoms with Gasteiger partial charge in [0.2, 0.25) is 0 Å². The maximum absolute atomic E-state index is 6.28. The van der Waals surface area contributed by atoms with Crippen molar-refractivity contribution in [1.82, 2.24) is 10.3 Å². The van der Waals surface area contributed by atoms with Gasteiger partial charge in [0.25, 0.3) is 0 Å². The van der Waals surface area contributed by atoms with Gasteiger partial charge < -0.3 is 10.2 Å². The molecule has 0 amide bonds. The lowest BCUT2D eigenvalue weighted by molar-refractivity contribution is 0.398. The molecule has 0 spiro atoms. The molecule has 1 unspecified atom stereocenters. The fourth-order valence-corrected chi connectivity index (χ4v) is 2.98. The molecule has 2 fully saturated rings. The highest BCUT2D eigenvalue weighted by molar-refractivity contribution is 6.33. The van der Waals surface area contributed by atoms with Gasteiger partial charge in [-0.1, -0.05) is 18.0 Å². The number of piperidine rings is 1. The van der Waals surface area contributed by atoms with E-state index >= 15 is 0 Å². The lowest BCUT2D eigenvalue weighted by Crippen LogP contribution is -2.44. The number of halogens is 1. The number of hydrogen-bond acceptors (Lipinski definition) is 3. The Hall–Kier alpha value is -0.800. The highest BCUT2D eigenvalue weighted by Crippen LogP contribution is 2.35. The zero-order valence-electron chi connectivity index (χ0n) is 10.6. The van der Waals surface area contributed by atoms with Crippen molar-refractivity contribution in [2.75, 3.05) is 18.0 Å². The zero-order chi connectivity index (χ0) is 12.4. The molecular weight excluding hydrogens is 246 g/mol. The van der Waals surface area contributed by atoms with Gasteiger partial charge in [0, 0.05) is 31.0 Å². The van der Waals surface area contributed by atoms with Crippen LogP contribution in [-0.4, -0.2) is 30.2 Å². The van der Waals surface area contributed by atoms with E-state index in [9.17, 15) is 0 Å². The van der Waals surface area contributed by atoms with Crippen molar-refractivity contribution in [3.05, 3.63) is 23.5 Å². The van der Waals surface area contributed by atoms with E-state index in [0.29, 0.717) is 12.1 Å². The van der Waals surface area contributed by atoms with Crippen molar-refractivity contribution in [3.63, 3.8) is 0 Å². The third kappa shape index (κ3) is 2.78. The molecule has 1 N–H and O–H groups in total. The third-order valence-electron chi connectivity index (χ3n) is 3.88. The Morgan fingerprint density at radius 1 is 1.33 bits per heavy atom. The summed E-state index contributed by atoms with van der Waals surface area (Å²) in [6, 6.07) is 3.35. The summed E-state index contributed by atoms with van der Waals surface area (Å²) in [6.07, 6.45) is 10.1. The number of pyridine rings is 1. The van der Waals surface area contributed by atoms with Gasteiger partial charge >= 0.3 is 0 Å². The molecule has 1 saturated heterocycles. The van der Waals surface area contributed by atoms with Crippen molar-refractivity contribution in [1.29, 1.82) is 0 Å². The number of aromatic nitrogens is 1. The van der Waals surface area contributed by atoms with Crippen molar-refractivity contribution in [2.45, 2.75) is 44.2 Å². The van der Waals surface area contributed by atoms with E-state index in [1.54, 1.807) is 6.20 Å². The molecular formula is C14H20ClN3. The Kier molecular flexibility index (Phi) is 3.71. The van der Waals surface area contributed by atoms with Crippen molar-refractivity contribution in [3.8, 4) is 0 Å². The van der Waals surface area contributed by atoms with E-state index < -0.39 is 0 Å². The molecule has 0 radical (unpaired) electrons. The van der Waals surface area contributed by atoms with Crippen molar-refractivity contribution >= 4 is 17.3 Å². The summed E-state index contributed by atoms with van der Waals surface area (Å²) in [5.41, 5.74) is 1.15. The summed E-state index contributed by atoms with van der Waals surface area (Å²) in [5, 5.41) is 4.40. The third-order valence-corrected chi connectivity index (χ3v) is 4.17. The van der Waals surface area contributed by atoms with Crippen LogP contribution < -0.4 is 10.2 Å². The van der Waals surface area contributed by atoms with Gasteiger partial charge in [0.1, 0.15) is 0 Å². The van der Waals surface area contributed by atoms with Crippen molar-refractivity contribution in [2.24, 2.45) is 0 Å². The number of hydrogen-bond donors (Lipinski definition) is 1. The van der Waals surface area contributed by atoms with Gasteiger partial charge in [-0.25, -0.2) is 0 Å². The lowest BCUT2D eigenvalue weighted by Gasteiger charge is -2.32. The van der Waals surface area contributed by atoms with Crippen LogP contribution in [0.4, 0.5) is 5.69 Å². The molecule has 0 aromatic carbocycles. The summed E-state index contributed by atoms with van der Waals surface area (Å²) in [4.78, 5) is 6.56. The smallest absolute Gasteiger partial charge is 0.0822 e. The van der Waals surface area contributed by atoms with Gasteiger partial charge in [0.05, 0.1) is 10.7 Å². The first-order valence-electron chi connectivity index (χ1n) is 6.94. The molecule has 18 heavy (non-hydrogen) atoms. The largest absolute Gasteiger partial charge is 0.366 e. The summed E-state index contributed by atoms with van der Waals surface area (Å²) in [5.74, 6) is 0. The monoisotopic (exact) mass is 265 g/mol. The predicted molar refractivity (Wildman–Crippen MR) is 75.3 cm³/mol. The molecule has 3 rings (SSSR count). The molecule has 1 saturated carbocycles. The fourth-order valence-electron chi connectivity index (χ4n) is 2.75. The number of rotatable bonds is 4. The van der Waals surface area contributed by atoms with Crippen LogP contribution >= 0.6 is 11.6 Å². The topological polar surface area (TPSA) is 28.2 Å². The van der Waals surface area contributed by atoms with Gasteiger partial charge in [-0.3, -0.25) is 4.98 Å². The molecule has 1 aromatic heterocycles. The Morgan fingerprint density at radius 3 is 2.89 bits per heavy atom. The summed E-state index contributed by atoms with van der Waals surface area (Å²) in [6.45, 7) is 2.24. The highest BCUT2D eigenvalue weighted by Gasteiger charge is 2.32. The van der Waals surface area contributed by atoms with Gasteiger partial charge in [0.15, 0.2) is 0 Å². The van der Waals surface area contributed by atoms with E-state index in [1.807, 2.05) is 12.3 Å². The molecule has 0 bridgehead atoms. The minimum Gasteiger partial charge on any atom is -0.366 e. The first kappa shape index (κ1) is 12.2. The first-order chi connectivity index (χ1) is 8.84. The van der Waals surface area contributed by atoms with Gasteiger partial charge in [-0.05, 0) is 38.3 Å². The minimum absolute atomic E-state index is 0.614. The molecule has 1 aliphatic carbocycles. The average molecular weight is 266 g/mol.